The molecule has 0 fully saturated rings. The Kier molecular flexibility index (Phi) is 8.67. The first-order valence-electron chi connectivity index (χ1n) is 8.34. The predicted molar refractivity (Wildman–Crippen MR) is 107 cm³/mol. The van der Waals surface area contributed by atoms with Gasteiger partial charge in [0.05, 0.1) is 18.8 Å². The fourth-order valence-corrected chi connectivity index (χ4v) is 3.80. The van der Waals surface area contributed by atoms with Crippen molar-refractivity contribution in [2.45, 2.75) is 45.5 Å². The molecule has 1 unspecified atom stereocenters. The number of amides is 1. The maximum atomic E-state index is 12.2. The maximum Gasteiger partial charge on any atom is 0.270 e. The molecule has 1 atom stereocenters. The van der Waals surface area contributed by atoms with Crippen molar-refractivity contribution in [1.82, 2.24) is 10.3 Å². The molecule has 25 heavy (non-hydrogen) atoms. The van der Waals surface area contributed by atoms with Crippen molar-refractivity contribution in [3.63, 3.8) is 0 Å². The predicted octanol–water partition coefficient (Wildman–Crippen LogP) is 2.85. The minimum Gasteiger partial charge on any atom is -0.394 e. The van der Waals surface area contributed by atoms with Gasteiger partial charge in [0.25, 0.3) is 5.91 Å². The van der Waals surface area contributed by atoms with E-state index in [-0.39, 0.29) is 24.5 Å². The topological polar surface area (TPSA) is 83.5 Å². The number of hydrogen-bond donors (Lipinski definition) is 3. The van der Waals surface area contributed by atoms with Crippen LogP contribution in [0.2, 0.25) is 0 Å². The number of carbonyl (C=O) groups excluding carboxylic acids is 1. The van der Waals surface area contributed by atoms with E-state index in [1.165, 1.54) is 11.3 Å². The van der Waals surface area contributed by atoms with Gasteiger partial charge < -0.3 is 20.5 Å². The van der Waals surface area contributed by atoms with Gasteiger partial charge in [-0.25, -0.2) is 4.98 Å². The number of thioether (sulfide) groups is 1. The highest BCUT2D eigenvalue weighted by molar-refractivity contribution is 7.99. The van der Waals surface area contributed by atoms with Crippen LogP contribution in [-0.2, 0) is 4.74 Å². The summed E-state index contributed by atoms with van der Waals surface area (Å²) in [6.07, 6.45) is 2.11. The van der Waals surface area contributed by atoms with Crippen molar-refractivity contribution in [3.05, 3.63) is 11.1 Å². The Hall–Kier alpha value is -0.830. The summed E-state index contributed by atoms with van der Waals surface area (Å²) in [5.74, 6) is -0.220. The van der Waals surface area contributed by atoms with E-state index in [1.54, 1.807) is 5.38 Å². The van der Waals surface area contributed by atoms with Crippen LogP contribution in [0, 0.1) is 5.41 Å². The van der Waals surface area contributed by atoms with Crippen LogP contribution in [0.1, 0.15) is 45.1 Å². The van der Waals surface area contributed by atoms with E-state index in [9.17, 15) is 4.79 Å². The van der Waals surface area contributed by atoms with Crippen LogP contribution < -0.4 is 10.6 Å². The van der Waals surface area contributed by atoms with Crippen LogP contribution in [0.3, 0.4) is 0 Å². The Morgan fingerprint density at radius 1 is 1.40 bits per heavy atom. The van der Waals surface area contributed by atoms with Gasteiger partial charge in [0.15, 0.2) is 5.13 Å². The molecule has 0 aliphatic rings. The standard InChI is InChI=1S/C17H31N3O3S2/c1-16(2,3)13(24-6)9-18-15-20-12(10-25-15)14(22)19-11-17(4,5)23-8-7-21/h10,13,21H,7-9,11H2,1-6H3,(H,18,20)(H,19,22). The lowest BCUT2D eigenvalue weighted by molar-refractivity contribution is -0.0307. The second-order valence-corrected chi connectivity index (χ2v) is 9.42. The summed E-state index contributed by atoms with van der Waals surface area (Å²) in [6, 6.07) is 0. The Morgan fingerprint density at radius 2 is 2.08 bits per heavy atom. The van der Waals surface area contributed by atoms with Gasteiger partial charge in [-0.05, 0) is 25.5 Å². The Morgan fingerprint density at radius 3 is 2.64 bits per heavy atom. The molecule has 0 aromatic carbocycles. The molecule has 0 radical (unpaired) electrons. The Bertz CT molecular complexity index is 541. The molecule has 1 aromatic heterocycles. The second kappa shape index (κ2) is 9.75. The number of nitrogens with zero attached hydrogens (tertiary/aromatic N) is 1. The first-order valence-corrected chi connectivity index (χ1v) is 10.5. The number of carbonyl (C=O) groups is 1. The molecule has 1 aromatic rings. The van der Waals surface area contributed by atoms with Crippen molar-refractivity contribution in [1.29, 1.82) is 0 Å². The van der Waals surface area contributed by atoms with E-state index in [2.05, 4.69) is 42.6 Å². The van der Waals surface area contributed by atoms with E-state index in [0.29, 0.717) is 17.5 Å². The number of rotatable bonds is 10. The smallest absolute Gasteiger partial charge is 0.270 e. The fraction of sp³-hybridized carbons (Fsp3) is 0.765. The summed E-state index contributed by atoms with van der Waals surface area (Å²) in [6.45, 7) is 11.8. The van der Waals surface area contributed by atoms with E-state index in [0.717, 1.165) is 11.7 Å². The normalized spacial score (nSPS) is 13.6. The zero-order valence-corrected chi connectivity index (χ0v) is 17.6. The third-order valence-electron chi connectivity index (χ3n) is 3.68. The Labute approximate surface area is 159 Å². The third-order valence-corrected chi connectivity index (χ3v) is 5.93. The molecule has 0 aliphatic carbocycles. The lowest BCUT2D eigenvalue weighted by atomic mass is 9.92. The maximum absolute atomic E-state index is 12.2. The van der Waals surface area contributed by atoms with Gasteiger partial charge in [-0.3, -0.25) is 4.79 Å². The first kappa shape index (κ1) is 22.2. The minimum absolute atomic E-state index is 0.0376. The first-order chi connectivity index (χ1) is 11.6. The molecule has 1 rings (SSSR count). The number of aliphatic hydroxyl groups is 1. The van der Waals surface area contributed by atoms with Crippen LogP contribution in [0.4, 0.5) is 5.13 Å². The van der Waals surface area contributed by atoms with Crippen molar-refractivity contribution < 1.29 is 14.6 Å². The Balaban J connectivity index is 2.52. The summed E-state index contributed by atoms with van der Waals surface area (Å²) < 4.78 is 5.48. The molecular weight excluding hydrogens is 358 g/mol. The largest absolute Gasteiger partial charge is 0.394 e. The minimum atomic E-state index is -0.534. The van der Waals surface area contributed by atoms with Gasteiger partial charge in [0, 0.05) is 23.7 Å². The molecule has 8 heteroatoms. The molecule has 0 aliphatic heterocycles. The highest BCUT2D eigenvalue weighted by Gasteiger charge is 2.24. The van der Waals surface area contributed by atoms with Crippen molar-refractivity contribution >= 4 is 34.1 Å². The summed E-state index contributed by atoms with van der Waals surface area (Å²) in [4.78, 5) is 16.6. The summed E-state index contributed by atoms with van der Waals surface area (Å²) in [5.41, 5.74) is 0.0690. The van der Waals surface area contributed by atoms with Crippen LogP contribution >= 0.6 is 23.1 Å². The van der Waals surface area contributed by atoms with Gasteiger partial charge in [0.1, 0.15) is 5.69 Å². The van der Waals surface area contributed by atoms with Crippen molar-refractivity contribution in [2.24, 2.45) is 5.41 Å². The summed E-state index contributed by atoms with van der Waals surface area (Å²) in [7, 11) is 0. The van der Waals surface area contributed by atoms with E-state index < -0.39 is 5.60 Å². The lowest BCUT2D eigenvalue weighted by Crippen LogP contribution is -2.41. The van der Waals surface area contributed by atoms with Gasteiger partial charge >= 0.3 is 0 Å². The number of aliphatic hydroxyl groups excluding tert-OH is 1. The molecule has 3 N–H and O–H groups in total. The average molecular weight is 390 g/mol. The van der Waals surface area contributed by atoms with E-state index in [4.69, 9.17) is 9.84 Å². The summed E-state index contributed by atoms with van der Waals surface area (Å²) in [5, 5.41) is 17.9. The molecular formula is C17H31N3O3S2. The highest BCUT2D eigenvalue weighted by Crippen LogP contribution is 2.29. The molecule has 0 bridgehead atoms. The van der Waals surface area contributed by atoms with Crippen LogP contribution in [0.15, 0.2) is 5.38 Å². The number of ether oxygens (including phenoxy) is 1. The molecule has 0 spiro atoms. The fourth-order valence-electron chi connectivity index (χ4n) is 2.14. The number of nitrogens with one attached hydrogen (secondary N) is 2. The SMILES string of the molecule is CSC(CNc1nc(C(=O)NCC(C)(C)OCCO)cs1)C(C)(C)C. The third kappa shape index (κ3) is 7.94. The summed E-state index contributed by atoms with van der Waals surface area (Å²) >= 11 is 3.26. The zero-order chi connectivity index (χ0) is 19.1. The number of thiazole rings is 1. The van der Waals surface area contributed by atoms with Gasteiger partial charge in [-0.2, -0.15) is 11.8 Å². The molecule has 1 heterocycles. The van der Waals surface area contributed by atoms with Crippen LogP contribution in [0.5, 0.6) is 0 Å². The average Bonchev–Trinajstić information content (AvgIpc) is 2.99. The van der Waals surface area contributed by atoms with Crippen molar-refractivity contribution in [3.8, 4) is 0 Å². The second-order valence-electron chi connectivity index (χ2n) is 7.52. The number of anilines is 1. The molecule has 0 saturated heterocycles. The lowest BCUT2D eigenvalue weighted by Gasteiger charge is -2.29. The van der Waals surface area contributed by atoms with Crippen LogP contribution in [-0.4, -0.2) is 59.4 Å². The molecule has 6 nitrogen and oxygen atoms in total. The van der Waals surface area contributed by atoms with Gasteiger partial charge in [-0.1, -0.05) is 20.8 Å². The number of aromatic nitrogens is 1. The molecule has 144 valence electrons. The zero-order valence-electron chi connectivity index (χ0n) is 16.0. The quantitative estimate of drug-likeness (QED) is 0.571. The van der Waals surface area contributed by atoms with Gasteiger partial charge in [0.2, 0.25) is 0 Å². The number of hydrogen-bond acceptors (Lipinski definition) is 7. The highest BCUT2D eigenvalue weighted by atomic mass is 32.2. The van der Waals surface area contributed by atoms with E-state index >= 15 is 0 Å². The molecule has 0 saturated carbocycles. The van der Waals surface area contributed by atoms with Crippen LogP contribution in [0.25, 0.3) is 0 Å². The molecule has 1 amide bonds. The van der Waals surface area contributed by atoms with Crippen molar-refractivity contribution in [2.75, 3.05) is 37.9 Å². The monoisotopic (exact) mass is 389 g/mol. The van der Waals surface area contributed by atoms with Gasteiger partial charge in [-0.15, -0.1) is 11.3 Å². The van der Waals surface area contributed by atoms with E-state index in [1.807, 2.05) is 25.6 Å².